The van der Waals surface area contributed by atoms with Crippen LogP contribution in [0.4, 0.5) is 14.6 Å². The molecule has 7 nitrogen and oxygen atoms in total. The van der Waals surface area contributed by atoms with Crippen LogP contribution in [0.3, 0.4) is 0 Å². The molecule has 1 saturated carbocycles. The summed E-state index contributed by atoms with van der Waals surface area (Å²) in [5, 5.41) is 0.706. The largest absolute Gasteiger partial charge is 0.491 e. The zero-order valence-corrected chi connectivity index (χ0v) is 24.4. The molecule has 0 bridgehead atoms. The number of carbonyl (C=O) groups excluding carboxylic acids is 2. The maximum atomic E-state index is 13.0. The van der Waals surface area contributed by atoms with Crippen molar-refractivity contribution in [3.8, 4) is 11.5 Å². The number of pyridine rings is 1. The quantitative estimate of drug-likeness (QED) is 0.214. The van der Waals surface area contributed by atoms with Crippen molar-refractivity contribution in [1.29, 1.82) is 0 Å². The van der Waals surface area contributed by atoms with E-state index in [0.717, 1.165) is 30.1 Å². The van der Waals surface area contributed by atoms with Gasteiger partial charge in [0.05, 0.1) is 42.3 Å². The van der Waals surface area contributed by atoms with E-state index in [1.165, 1.54) is 11.3 Å². The number of hydrogen-bond acceptors (Lipinski definition) is 8. The molecule has 2 aliphatic rings. The molecule has 1 aliphatic carbocycles. The Morgan fingerprint density at radius 1 is 1.17 bits per heavy atom. The first-order valence-corrected chi connectivity index (χ1v) is 14.9. The van der Waals surface area contributed by atoms with Gasteiger partial charge in [-0.05, 0) is 42.7 Å². The van der Waals surface area contributed by atoms with E-state index in [2.05, 4.69) is 14.9 Å². The molecule has 10 heteroatoms. The van der Waals surface area contributed by atoms with Crippen LogP contribution in [-0.4, -0.2) is 53.3 Å². The lowest BCUT2D eigenvalue weighted by Crippen LogP contribution is -2.25. The fourth-order valence-electron chi connectivity index (χ4n) is 4.96. The SMILES string of the molecule is CCC(=O)Cc1nc(C)c(C(=O)C[C@@H](C)c2ccc(O[C@@H]3CCN(c4ccc(OC[C@@H]5CC5(F)F)cn4)C3)cc2)s1. The van der Waals surface area contributed by atoms with Gasteiger partial charge in [0.1, 0.15) is 34.2 Å². The summed E-state index contributed by atoms with van der Waals surface area (Å²) in [7, 11) is 0. The van der Waals surface area contributed by atoms with Crippen molar-refractivity contribution in [2.45, 2.75) is 70.8 Å². The van der Waals surface area contributed by atoms with Crippen molar-refractivity contribution in [2.24, 2.45) is 5.92 Å². The third kappa shape index (κ3) is 7.28. The Bertz CT molecular complexity index is 1380. The highest BCUT2D eigenvalue weighted by molar-refractivity contribution is 7.14. The summed E-state index contributed by atoms with van der Waals surface area (Å²) in [5.74, 6) is -1.01. The van der Waals surface area contributed by atoms with Crippen molar-refractivity contribution >= 4 is 28.7 Å². The third-order valence-electron chi connectivity index (χ3n) is 7.68. The molecule has 3 atom stereocenters. The van der Waals surface area contributed by atoms with Gasteiger partial charge >= 0.3 is 0 Å². The lowest BCUT2D eigenvalue weighted by molar-refractivity contribution is -0.118. The molecule has 2 fully saturated rings. The number of aryl methyl sites for hydroxylation is 1. The van der Waals surface area contributed by atoms with Gasteiger partial charge in [-0.2, -0.15) is 0 Å². The van der Waals surface area contributed by atoms with Crippen LogP contribution in [0.2, 0.25) is 0 Å². The highest BCUT2D eigenvalue weighted by atomic mass is 32.1. The molecule has 5 rings (SSSR count). The van der Waals surface area contributed by atoms with E-state index >= 15 is 0 Å². The topological polar surface area (TPSA) is 81.6 Å². The minimum Gasteiger partial charge on any atom is -0.491 e. The summed E-state index contributed by atoms with van der Waals surface area (Å²) in [5.41, 5.74) is 1.75. The fraction of sp³-hybridized carbons (Fsp3) is 0.484. The molecular formula is C31H35F2N3O4S. The minimum atomic E-state index is -2.58. The van der Waals surface area contributed by atoms with E-state index in [1.807, 2.05) is 51.1 Å². The molecule has 2 aromatic heterocycles. The second-order valence-corrected chi connectivity index (χ2v) is 12.1. The van der Waals surface area contributed by atoms with Gasteiger partial charge in [-0.3, -0.25) is 9.59 Å². The third-order valence-corrected chi connectivity index (χ3v) is 8.88. The molecule has 3 aromatic rings. The Hall–Kier alpha value is -3.40. The number of carbonyl (C=O) groups is 2. The van der Waals surface area contributed by atoms with Gasteiger partial charge in [0.15, 0.2) is 5.78 Å². The number of rotatable bonds is 13. The summed E-state index contributed by atoms with van der Waals surface area (Å²) in [6.45, 7) is 7.19. The van der Waals surface area contributed by atoms with Crippen LogP contribution in [-0.2, 0) is 11.2 Å². The predicted octanol–water partition coefficient (Wildman–Crippen LogP) is 6.44. The number of anilines is 1. The van der Waals surface area contributed by atoms with Gasteiger partial charge in [-0.25, -0.2) is 18.7 Å². The number of ketones is 2. The second kappa shape index (κ2) is 12.2. The maximum Gasteiger partial charge on any atom is 0.255 e. The van der Waals surface area contributed by atoms with Crippen LogP contribution in [0.1, 0.15) is 71.4 Å². The van der Waals surface area contributed by atoms with Gasteiger partial charge in [0.25, 0.3) is 5.92 Å². The average Bonchev–Trinajstić information content (AvgIpc) is 3.24. The molecule has 1 aliphatic heterocycles. The van der Waals surface area contributed by atoms with Crippen LogP contribution in [0.25, 0.3) is 0 Å². The van der Waals surface area contributed by atoms with Crippen LogP contribution in [0, 0.1) is 12.8 Å². The molecule has 0 amide bonds. The van der Waals surface area contributed by atoms with Crippen molar-refractivity contribution in [1.82, 2.24) is 9.97 Å². The highest BCUT2D eigenvalue weighted by Gasteiger charge is 2.57. The molecule has 218 valence electrons. The first-order chi connectivity index (χ1) is 19.6. The summed E-state index contributed by atoms with van der Waals surface area (Å²) in [6, 6.07) is 11.5. The highest BCUT2D eigenvalue weighted by Crippen LogP contribution is 2.48. The number of nitrogens with zero attached hydrogens (tertiary/aromatic N) is 3. The Kier molecular flexibility index (Phi) is 8.68. The van der Waals surface area contributed by atoms with Gasteiger partial charge in [-0.1, -0.05) is 26.0 Å². The summed E-state index contributed by atoms with van der Waals surface area (Å²) < 4.78 is 37.7. The summed E-state index contributed by atoms with van der Waals surface area (Å²) in [4.78, 5) is 36.4. The fourth-order valence-corrected chi connectivity index (χ4v) is 6.00. The molecule has 1 aromatic carbocycles. The molecule has 3 heterocycles. The van der Waals surface area contributed by atoms with Gasteiger partial charge in [0.2, 0.25) is 0 Å². The van der Waals surface area contributed by atoms with Crippen molar-refractivity contribution < 1.29 is 27.8 Å². The Morgan fingerprint density at radius 2 is 1.90 bits per heavy atom. The van der Waals surface area contributed by atoms with Crippen molar-refractivity contribution in [3.05, 3.63) is 63.7 Å². The predicted molar refractivity (Wildman–Crippen MR) is 154 cm³/mol. The molecule has 0 N–H and O–H groups in total. The lowest BCUT2D eigenvalue weighted by atomic mass is 9.95. The van der Waals surface area contributed by atoms with E-state index in [0.29, 0.717) is 40.7 Å². The Balaban J connectivity index is 1.09. The first kappa shape index (κ1) is 29.1. The summed E-state index contributed by atoms with van der Waals surface area (Å²) >= 11 is 1.33. The molecule has 0 radical (unpaired) electrons. The monoisotopic (exact) mass is 583 g/mol. The number of ether oxygens (including phenoxy) is 2. The molecular weight excluding hydrogens is 548 g/mol. The lowest BCUT2D eigenvalue weighted by Gasteiger charge is -2.19. The van der Waals surface area contributed by atoms with E-state index in [4.69, 9.17) is 9.47 Å². The number of Topliss-reactive ketones (excluding diaryl/α,β-unsaturated/α-hetero) is 2. The number of thiazole rings is 1. The molecule has 41 heavy (non-hydrogen) atoms. The zero-order chi connectivity index (χ0) is 29.1. The van der Waals surface area contributed by atoms with E-state index < -0.39 is 11.8 Å². The van der Waals surface area contributed by atoms with Crippen LogP contribution in [0.15, 0.2) is 42.6 Å². The number of aromatic nitrogens is 2. The van der Waals surface area contributed by atoms with E-state index in [1.54, 1.807) is 12.3 Å². The van der Waals surface area contributed by atoms with E-state index in [-0.39, 0.29) is 43.0 Å². The second-order valence-electron chi connectivity index (χ2n) is 11.0. The summed E-state index contributed by atoms with van der Waals surface area (Å²) in [6.07, 6.45) is 3.46. The number of halogens is 2. The van der Waals surface area contributed by atoms with Crippen molar-refractivity contribution in [3.63, 3.8) is 0 Å². The molecule has 0 spiro atoms. The Morgan fingerprint density at radius 3 is 2.56 bits per heavy atom. The van der Waals surface area contributed by atoms with Crippen molar-refractivity contribution in [2.75, 3.05) is 24.6 Å². The van der Waals surface area contributed by atoms with Gasteiger partial charge in [0, 0.05) is 32.2 Å². The number of benzene rings is 1. The van der Waals surface area contributed by atoms with Gasteiger partial charge in [-0.15, -0.1) is 11.3 Å². The molecule has 1 saturated heterocycles. The number of alkyl halides is 2. The van der Waals surface area contributed by atoms with Crippen LogP contribution >= 0.6 is 11.3 Å². The minimum absolute atomic E-state index is 0.0104. The van der Waals surface area contributed by atoms with E-state index in [9.17, 15) is 18.4 Å². The average molecular weight is 584 g/mol. The van der Waals surface area contributed by atoms with Gasteiger partial charge < -0.3 is 14.4 Å². The normalized spacial score (nSPS) is 20.1. The maximum absolute atomic E-state index is 13.0. The first-order valence-electron chi connectivity index (χ1n) is 14.1. The van der Waals surface area contributed by atoms with Crippen LogP contribution in [0.5, 0.6) is 11.5 Å². The molecule has 0 unspecified atom stereocenters. The Labute approximate surface area is 242 Å². The zero-order valence-electron chi connectivity index (χ0n) is 23.6. The smallest absolute Gasteiger partial charge is 0.255 e. The standard InChI is InChI=1S/C31H35F2N3O4S/c1-4-23(37)14-29-35-20(3)30(41-29)27(38)13-19(2)21-5-7-24(8-6-21)40-26-11-12-36(17-26)28-10-9-25(16-34-28)39-18-22-15-31(22,32)33/h5-10,16,19,22,26H,4,11-15,17-18H2,1-3H3/t19-,22+,26-/m1/s1. The number of hydrogen-bond donors (Lipinski definition) is 0. The van der Waals surface area contributed by atoms with Crippen LogP contribution < -0.4 is 14.4 Å².